The third kappa shape index (κ3) is 3.07. The van der Waals surface area contributed by atoms with Gasteiger partial charge in [0.2, 0.25) is 5.91 Å². The zero-order valence-electron chi connectivity index (χ0n) is 11.0. The average Bonchev–Trinajstić information content (AvgIpc) is 2.67. The van der Waals surface area contributed by atoms with E-state index < -0.39 is 0 Å². The molecule has 0 spiro atoms. The molecule has 0 aromatic rings. The van der Waals surface area contributed by atoms with Gasteiger partial charge in [-0.05, 0) is 25.7 Å². The largest absolute Gasteiger partial charge is 0.445 e. The van der Waals surface area contributed by atoms with E-state index in [9.17, 15) is 9.59 Å². The van der Waals surface area contributed by atoms with Gasteiger partial charge >= 0.3 is 6.09 Å². The van der Waals surface area contributed by atoms with Crippen LogP contribution in [0.25, 0.3) is 0 Å². The van der Waals surface area contributed by atoms with E-state index in [0.29, 0.717) is 0 Å². The van der Waals surface area contributed by atoms with Gasteiger partial charge in [-0.3, -0.25) is 4.79 Å². The summed E-state index contributed by atoms with van der Waals surface area (Å²) < 4.78 is 5.11. The van der Waals surface area contributed by atoms with E-state index >= 15 is 0 Å². The van der Waals surface area contributed by atoms with Crippen LogP contribution in [0.4, 0.5) is 4.79 Å². The summed E-state index contributed by atoms with van der Waals surface area (Å²) in [4.78, 5) is 25.1. The molecule has 0 aliphatic carbocycles. The maximum absolute atomic E-state index is 12.0. The third-order valence-electron chi connectivity index (χ3n) is 3.82. The van der Waals surface area contributed by atoms with Crippen LogP contribution in [0.2, 0.25) is 0 Å². The van der Waals surface area contributed by atoms with Crippen LogP contribution >= 0.6 is 0 Å². The quantitative estimate of drug-likeness (QED) is 0.721. The second kappa shape index (κ2) is 6.06. The van der Waals surface area contributed by atoms with Crippen molar-refractivity contribution < 1.29 is 14.3 Å². The van der Waals surface area contributed by atoms with Gasteiger partial charge < -0.3 is 20.7 Å². The molecule has 0 aromatic carbocycles. The molecule has 2 saturated heterocycles. The number of hydrogen-bond acceptors (Lipinski definition) is 4. The molecule has 2 aliphatic rings. The van der Waals surface area contributed by atoms with Gasteiger partial charge in [0.05, 0.1) is 6.54 Å². The van der Waals surface area contributed by atoms with Crippen molar-refractivity contribution in [1.82, 2.24) is 10.2 Å². The lowest BCUT2D eigenvalue weighted by Gasteiger charge is -2.38. The van der Waals surface area contributed by atoms with Crippen molar-refractivity contribution in [3.05, 3.63) is 12.7 Å². The zero-order chi connectivity index (χ0) is 13.8. The predicted octanol–water partition coefficient (Wildman–Crippen LogP) is 0.379. The minimum atomic E-state index is -0.268. The summed E-state index contributed by atoms with van der Waals surface area (Å²) in [5.41, 5.74) is 5.30. The molecule has 106 valence electrons. The number of hydrogen-bond donors (Lipinski definition) is 2. The van der Waals surface area contributed by atoms with E-state index in [1.165, 1.54) is 0 Å². The molecule has 0 aromatic heterocycles. The maximum Gasteiger partial charge on any atom is 0.410 e. The number of carbonyl (C=O) groups excluding carboxylic acids is 2. The third-order valence-corrected chi connectivity index (χ3v) is 3.82. The van der Waals surface area contributed by atoms with Gasteiger partial charge in [0.1, 0.15) is 6.61 Å². The lowest BCUT2D eigenvalue weighted by atomic mass is 9.98. The smallest absolute Gasteiger partial charge is 0.410 e. The predicted molar refractivity (Wildman–Crippen MR) is 70.4 cm³/mol. The fourth-order valence-electron chi connectivity index (χ4n) is 3.08. The van der Waals surface area contributed by atoms with Crippen molar-refractivity contribution in [2.75, 3.05) is 13.2 Å². The first kappa shape index (κ1) is 13.9. The fourth-order valence-corrected chi connectivity index (χ4v) is 3.08. The Morgan fingerprint density at radius 1 is 1.37 bits per heavy atom. The standard InChI is InChI=1S/C13H21N3O3/c1-2-5-19-13(18)16-10-3-4-11(16)7-9(6-10)15-12(17)8-14/h2,9-11H,1,3-8,14H2,(H,15,17)/t9?,10-,11+. The van der Waals surface area contributed by atoms with Gasteiger partial charge in [0, 0.05) is 18.1 Å². The molecule has 19 heavy (non-hydrogen) atoms. The van der Waals surface area contributed by atoms with E-state index in [0.717, 1.165) is 25.7 Å². The van der Waals surface area contributed by atoms with E-state index in [2.05, 4.69) is 11.9 Å². The number of piperidine rings is 1. The molecule has 2 aliphatic heterocycles. The van der Waals surface area contributed by atoms with Crippen molar-refractivity contribution in [1.29, 1.82) is 0 Å². The number of amides is 2. The zero-order valence-corrected chi connectivity index (χ0v) is 11.0. The summed E-state index contributed by atoms with van der Waals surface area (Å²) in [5.74, 6) is -0.132. The number of ether oxygens (including phenoxy) is 1. The summed E-state index contributed by atoms with van der Waals surface area (Å²) in [6.07, 6.45) is 4.81. The minimum absolute atomic E-state index is 0.0108. The summed E-state index contributed by atoms with van der Waals surface area (Å²) in [5, 5.41) is 2.91. The number of nitrogens with zero attached hydrogens (tertiary/aromatic N) is 1. The Balaban J connectivity index is 1.92. The molecule has 0 radical (unpaired) electrons. The molecule has 2 fully saturated rings. The van der Waals surface area contributed by atoms with E-state index in [1.807, 2.05) is 4.90 Å². The Morgan fingerprint density at radius 3 is 2.53 bits per heavy atom. The summed E-state index contributed by atoms with van der Waals surface area (Å²) >= 11 is 0. The molecule has 6 nitrogen and oxygen atoms in total. The number of nitrogens with one attached hydrogen (secondary N) is 1. The highest BCUT2D eigenvalue weighted by Gasteiger charge is 2.44. The van der Waals surface area contributed by atoms with Crippen molar-refractivity contribution in [3.8, 4) is 0 Å². The second-order valence-electron chi connectivity index (χ2n) is 5.10. The maximum atomic E-state index is 12.0. The van der Waals surface area contributed by atoms with Gasteiger partial charge in [-0.25, -0.2) is 4.79 Å². The van der Waals surface area contributed by atoms with E-state index in [4.69, 9.17) is 10.5 Å². The molecular formula is C13H21N3O3. The van der Waals surface area contributed by atoms with Crippen molar-refractivity contribution in [2.45, 2.75) is 43.8 Å². The molecule has 3 atom stereocenters. The molecule has 0 saturated carbocycles. The van der Waals surface area contributed by atoms with Crippen molar-refractivity contribution in [3.63, 3.8) is 0 Å². The molecule has 2 bridgehead atoms. The number of rotatable bonds is 4. The molecule has 6 heteroatoms. The van der Waals surface area contributed by atoms with Crippen LogP contribution in [0.5, 0.6) is 0 Å². The van der Waals surface area contributed by atoms with Gasteiger partial charge in [-0.2, -0.15) is 0 Å². The van der Waals surface area contributed by atoms with Gasteiger partial charge in [-0.15, -0.1) is 0 Å². The first-order chi connectivity index (χ1) is 9.15. The monoisotopic (exact) mass is 267 g/mol. The lowest BCUT2D eigenvalue weighted by molar-refractivity contribution is -0.120. The normalized spacial score (nSPS) is 28.9. The SMILES string of the molecule is C=CCOC(=O)N1[C@@H]2CC[C@H]1CC(NC(=O)CN)C2. The lowest BCUT2D eigenvalue weighted by Crippen LogP contribution is -2.53. The van der Waals surface area contributed by atoms with Crippen LogP contribution in [0.1, 0.15) is 25.7 Å². The second-order valence-corrected chi connectivity index (χ2v) is 5.10. The molecule has 3 N–H and O–H groups in total. The van der Waals surface area contributed by atoms with Crippen molar-refractivity contribution in [2.24, 2.45) is 5.73 Å². The molecule has 2 heterocycles. The van der Waals surface area contributed by atoms with Crippen LogP contribution in [0.3, 0.4) is 0 Å². The van der Waals surface area contributed by atoms with Crippen LogP contribution in [-0.4, -0.2) is 48.2 Å². The number of fused-ring (bicyclic) bond motifs is 2. The first-order valence-electron chi connectivity index (χ1n) is 6.71. The highest BCUT2D eigenvalue weighted by Crippen LogP contribution is 2.36. The fraction of sp³-hybridized carbons (Fsp3) is 0.692. The van der Waals surface area contributed by atoms with Gasteiger partial charge in [0.15, 0.2) is 0 Å². The van der Waals surface area contributed by atoms with Crippen LogP contribution in [0, 0.1) is 0 Å². The van der Waals surface area contributed by atoms with E-state index in [-0.39, 0.29) is 43.3 Å². The Bertz CT molecular complexity index is 358. The molecular weight excluding hydrogens is 246 g/mol. The highest BCUT2D eigenvalue weighted by molar-refractivity contribution is 5.78. The van der Waals surface area contributed by atoms with E-state index in [1.54, 1.807) is 6.08 Å². The van der Waals surface area contributed by atoms with Crippen LogP contribution in [-0.2, 0) is 9.53 Å². The topological polar surface area (TPSA) is 84.7 Å². The number of nitrogens with two attached hydrogens (primary N) is 1. The number of carbonyl (C=O) groups is 2. The summed E-state index contributed by atoms with van der Waals surface area (Å²) in [6.45, 7) is 3.78. The molecule has 1 unspecified atom stereocenters. The van der Waals surface area contributed by atoms with Crippen LogP contribution < -0.4 is 11.1 Å². The van der Waals surface area contributed by atoms with Crippen LogP contribution in [0.15, 0.2) is 12.7 Å². The van der Waals surface area contributed by atoms with Crippen molar-refractivity contribution >= 4 is 12.0 Å². The van der Waals surface area contributed by atoms with Gasteiger partial charge in [-0.1, -0.05) is 12.7 Å². The Kier molecular flexibility index (Phi) is 4.42. The average molecular weight is 267 g/mol. The Hall–Kier alpha value is -1.56. The summed E-state index contributed by atoms with van der Waals surface area (Å²) in [7, 11) is 0. The Labute approximate surface area is 113 Å². The Morgan fingerprint density at radius 2 is 2.00 bits per heavy atom. The first-order valence-corrected chi connectivity index (χ1v) is 6.71. The summed E-state index contributed by atoms with van der Waals surface area (Å²) in [6, 6.07) is 0.454. The molecule has 2 amide bonds. The minimum Gasteiger partial charge on any atom is -0.445 e. The van der Waals surface area contributed by atoms with Gasteiger partial charge in [0.25, 0.3) is 0 Å². The highest BCUT2D eigenvalue weighted by atomic mass is 16.6. The molecule has 2 rings (SSSR count).